The maximum atomic E-state index is 6.30. The smallest absolute Gasteiger partial charge is 0.191 e. The van der Waals surface area contributed by atoms with Crippen molar-refractivity contribution in [3.8, 4) is 0 Å². The Balaban J connectivity index is 1.63. The van der Waals surface area contributed by atoms with E-state index in [0.717, 1.165) is 32.0 Å². The average Bonchev–Trinajstić information content (AvgIpc) is 2.91. The lowest BCUT2D eigenvalue weighted by Crippen LogP contribution is -2.31. The third-order valence-electron chi connectivity index (χ3n) is 4.22. The molecule has 4 rings (SSSR count). The van der Waals surface area contributed by atoms with E-state index in [9.17, 15) is 0 Å². The molecule has 7 heteroatoms. The van der Waals surface area contributed by atoms with Crippen molar-refractivity contribution < 1.29 is 4.74 Å². The van der Waals surface area contributed by atoms with Gasteiger partial charge >= 0.3 is 0 Å². The van der Waals surface area contributed by atoms with E-state index in [-0.39, 0.29) is 5.60 Å². The first kappa shape index (κ1) is 17.3. The summed E-state index contributed by atoms with van der Waals surface area (Å²) in [5.41, 5.74) is 8.63. The van der Waals surface area contributed by atoms with Gasteiger partial charge in [0.15, 0.2) is 5.16 Å². The number of hydrogen-bond donors (Lipinski definition) is 1. The van der Waals surface area contributed by atoms with Gasteiger partial charge in [0.1, 0.15) is 10.6 Å². The first-order chi connectivity index (χ1) is 11.9. The van der Waals surface area contributed by atoms with Crippen molar-refractivity contribution in [2.24, 2.45) is 0 Å². The number of nitrogens with two attached hydrogens (primary N) is 1. The van der Waals surface area contributed by atoms with Crippen molar-refractivity contribution in [1.82, 2.24) is 9.97 Å². The van der Waals surface area contributed by atoms with Crippen molar-refractivity contribution in [3.63, 3.8) is 0 Å². The number of fused-ring (bicyclic) bond motifs is 3. The first-order valence-corrected chi connectivity index (χ1v) is 10.6. The summed E-state index contributed by atoms with van der Waals surface area (Å²) >= 11 is 6.75. The quantitative estimate of drug-likeness (QED) is 0.453. The summed E-state index contributed by atoms with van der Waals surface area (Å²) in [4.78, 5) is 11.5. The molecule has 0 spiro atoms. The Morgan fingerprint density at radius 2 is 2.04 bits per heavy atom. The second-order valence-electron chi connectivity index (χ2n) is 6.72. The van der Waals surface area contributed by atoms with Gasteiger partial charge in [-0.3, -0.25) is 0 Å². The van der Waals surface area contributed by atoms with Crippen LogP contribution in [0.15, 0.2) is 33.9 Å². The fraction of sp³-hybridized carbons (Fsp3) is 0.333. The Hall–Kier alpha value is -1.15. The molecule has 2 N–H and O–H groups in total. The number of rotatable bonds is 3. The third kappa shape index (κ3) is 3.56. The second kappa shape index (κ2) is 6.54. The first-order valence-electron chi connectivity index (χ1n) is 8.00. The number of thioether (sulfide) groups is 1. The Bertz CT molecular complexity index is 938. The largest absolute Gasteiger partial charge is 0.383 e. The van der Waals surface area contributed by atoms with Crippen LogP contribution in [0.25, 0.3) is 10.2 Å². The highest BCUT2D eigenvalue weighted by Gasteiger charge is 2.30. The minimum absolute atomic E-state index is 0.164. The maximum Gasteiger partial charge on any atom is 0.191 e. The van der Waals surface area contributed by atoms with Crippen LogP contribution in [-0.4, -0.2) is 15.6 Å². The van der Waals surface area contributed by atoms with Gasteiger partial charge in [-0.05, 0) is 37.1 Å². The van der Waals surface area contributed by atoms with E-state index in [1.54, 1.807) is 23.1 Å². The van der Waals surface area contributed by atoms with Gasteiger partial charge in [0.2, 0.25) is 0 Å². The highest BCUT2D eigenvalue weighted by molar-refractivity contribution is 9.10. The molecule has 0 fully saturated rings. The molecule has 0 radical (unpaired) electrons. The summed E-state index contributed by atoms with van der Waals surface area (Å²) in [6, 6.07) is 8.29. The monoisotopic (exact) mass is 435 g/mol. The topological polar surface area (TPSA) is 61.0 Å². The van der Waals surface area contributed by atoms with E-state index < -0.39 is 0 Å². The van der Waals surface area contributed by atoms with Crippen LogP contribution >= 0.6 is 39.0 Å². The molecular weight excluding hydrogens is 418 g/mol. The van der Waals surface area contributed by atoms with Crippen LogP contribution in [0.4, 0.5) is 5.82 Å². The Kier molecular flexibility index (Phi) is 4.52. The fourth-order valence-corrected chi connectivity index (χ4v) is 5.19. The number of ether oxygens (including phenoxy) is 1. The summed E-state index contributed by atoms with van der Waals surface area (Å²) in [5.74, 6) is 1.40. The SMILES string of the molecule is CC1(C)Cc2c(sc3nc(SCc4ccc(Br)cc4)nc(N)c23)CO1. The van der Waals surface area contributed by atoms with E-state index in [2.05, 4.69) is 46.9 Å². The molecule has 0 aliphatic carbocycles. The molecule has 25 heavy (non-hydrogen) atoms. The van der Waals surface area contributed by atoms with Gasteiger partial charge in [0.25, 0.3) is 0 Å². The Morgan fingerprint density at radius 1 is 1.28 bits per heavy atom. The van der Waals surface area contributed by atoms with Gasteiger partial charge in [-0.15, -0.1) is 11.3 Å². The van der Waals surface area contributed by atoms with Crippen LogP contribution < -0.4 is 5.73 Å². The highest BCUT2D eigenvalue weighted by atomic mass is 79.9. The molecule has 0 atom stereocenters. The van der Waals surface area contributed by atoms with E-state index in [1.165, 1.54) is 16.0 Å². The zero-order valence-corrected chi connectivity index (χ0v) is 17.2. The number of anilines is 1. The lowest BCUT2D eigenvalue weighted by molar-refractivity contribution is -0.0379. The molecule has 0 amide bonds. The summed E-state index contributed by atoms with van der Waals surface area (Å²) < 4.78 is 7.00. The minimum Gasteiger partial charge on any atom is -0.383 e. The zero-order chi connectivity index (χ0) is 17.6. The van der Waals surface area contributed by atoms with Crippen LogP contribution in [0, 0.1) is 0 Å². The van der Waals surface area contributed by atoms with Crippen molar-refractivity contribution in [1.29, 1.82) is 0 Å². The van der Waals surface area contributed by atoms with Gasteiger partial charge in [-0.1, -0.05) is 39.8 Å². The number of halogens is 1. The predicted molar refractivity (Wildman–Crippen MR) is 108 cm³/mol. The predicted octanol–water partition coefficient (Wildman–Crippen LogP) is 5.18. The van der Waals surface area contributed by atoms with Crippen LogP contribution in [0.5, 0.6) is 0 Å². The standard InChI is InChI=1S/C18H18BrN3OS2/c1-18(2)7-12-13(8-23-18)25-16-14(12)15(20)21-17(22-16)24-9-10-3-5-11(19)6-4-10/h3-6H,7-9H2,1-2H3,(H2,20,21,22). The molecule has 0 unspecified atom stereocenters. The molecule has 0 bridgehead atoms. The summed E-state index contributed by atoms with van der Waals surface area (Å²) in [5, 5.41) is 1.75. The number of aromatic nitrogens is 2. The molecule has 4 nitrogen and oxygen atoms in total. The number of benzene rings is 1. The number of thiophene rings is 1. The highest BCUT2D eigenvalue weighted by Crippen LogP contribution is 2.40. The second-order valence-corrected chi connectivity index (χ2v) is 9.66. The lowest BCUT2D eigenvalue weighted by Gasteiger charge is -2.30. The van der Waals surface area contributed by atoms with Gasteiger partial charge in [-0.2, -0.15) is 0 Å². The van der Waals surface area contributed by atoms with Gasteiger partial charge in [0.05, 0.1) is 17.6 Å². The molecule has 1 aromatic carbocycles. The van der Waals surface area contributed by atoms with E-state index in [0.29, 0.717) is 12.4 Å². The maximum absolute atomic E-state index is 6.30. The van der Waals surface area contributed by atoms with E-state index in [4.69, 9.17) is 15.5 Å². The van der Waals surface area contributed by atoms with Crippen LogP contribution in [0.1, 0.15) is 29.9 Å². The van der Waals surface area contributed by atoms with Crippen LogP contribution in [0.2, 0.25) is 0 Å². The number of nitrogens with zero attached hydrogens (tertiary/aromatic N) is 2. The van der Waals surface area contributed by atoms with Crippen molar-refractivity contribution in [3.05, 3.63) is 44.7 Å². The van der Waals surface area contributed by atoms with Crippen molar-refractivity contribution >= 4 is 55.1 Å². The molecule has 3 heterocycles. The molecular formula is C18H18BrN3OS2. The summed E-state index contributed by atoms with van der Waals surface area (Å²) in [6.45, 7) is 4.85. The molecule has 1 aliphatic rings. The zero-order valence-electron chi connectivity index (χ0n) is 14.0. The number of nitrogen functional groups attached to an aromatic ring is 1. The molecule has 130 valence electrons. The molecule has 2 aromatic heterocycles. The fourth-order valence-electron chi connectivity index (χ4n) is 2.95. The van der Waals surface area contributed by atoms with Gasteiger partial charge in [0, 0.05) is 21.5 Å². The number of hydrogen-bond acceptors (Lipinski definition) is 6. The molecule has 0 saturated carbocycles. The van der Waals surface area contributed by atoms with Crippen LogP contribution in [0.3, 0.4) is 0 Å². The van der Waals surface area contributed by atoms with Crippen LogP contribution in [-0.2, 0) is 23.5 Å². The summed E-state index contributed by atoms with van der Waals surface area (Å²) in [7, 11) is 0. The average molecular weight is 436 g/mol. The van der Waals surface area contributed by atoms with E-state index in [1.807, 2.05) is 12.1 Å². The molecule has 0 saturated heterocycles. The van der Waals surface area contributed by atoms with Crippen molar-refractivity contribution in [2.45, 2.75) is 43.4 Å². The minimum atomic E-state index is -0.164. The third-order valence-corrected chi connectivity index (χ3v) is 6.77. The molecule has 3 aromatic rings. The Morgan fingerprint density at radius 3 is 2.80 bits per heavy atom. The van der Waals surface area contributed by atoms with Gasteiger partial charge < -0.3 is 10.5 Å². The Labute approximate surface area is 163 Å². The summed E-state index contributed by atoms with van der Waals surface area (Å²) in [6.07, 6.45) is 0.848. The van der Waals surface area contributed by atoms with Gasteiger partial charge in [-0.25, -0.2) is 9.97 Å². The lowest BCUT2D eigenvalue weighted by atomic mass is 9.94. The normalized spacial score (nSPS) is 16.1. The van der Waals surface area contributed by atoms with E-state index >= 15 is 0 Å². The molecule has 1 aliphatic heterocycles. The van der Waals surface area contributed by atoms with Crippen molar-refractivity contribution in [2.75, 3.05) is 5.73 Å².